The fourth-order valence-electron chi connectivity index (χ4n) is 1.88. The van der Waals surface area contributed by atoms with E-state index in [-0.39, 0.29) is 0 Å². The summed E-state index contributed by atoms with van der Waals surface area (Å²) in [7, 11) is 0. The number of rotatable bonds is 5. The maximum atomic E-state index is 5.74. The second-order valence-electron chi connectivity index (χ2n) is 4.28. The highest BCUT2D eigenvalue weighted by atomic mass is 32.2. The lowest BCUT2D eigenvalue weighted by Gasteiger charge is -2.02. The fraction of sp³-hybridized carbons (Fsp3) is 0.286. The van der Waals surface area contributed by atoms with Crippen molar-refractivity contribution >= 4 is 23.1 Å². The van der Waals surface area contributed by atoms with E-state index in [2.05, 4.69) is 21.5 Å². The number of aromatic nitrogens is 3. The minimum Gasteiger partial charge on any atom is -0.440 e. The Kier molecular flexibility index (Phi) is 3.93. The lowest BCUT2D eigenvalue weighted by molar-refractivity contribution is 0.542. The van der Waals surface area contributed by atoms with Crippen LogP contribution in [-0.2, 0) is 12.3 Å². The fourth-order valence-corrected chi connectivity index (χ4v) is 3.55. The first-order valence-corrected chi connectivity index (χ1v) is 8.28. The Morgan fingerprint density at radius 2 is 2.35 bits per heavy atom. The molecule has 0 spiro atoms. The third-order valence-corrected chi connectivity index (χ3v) is 4.85. The molecule has 3 heterocycles. The Balaban J connectivity index is 1.75. The zero-order chi connectivity index (χ0) is 13.9. The quantitative estimate of drug-likeness (QED) is 0.662. The Labute approximate surface area is 125 Å². The van der Waals surface area contributed by atoms with Crippen molar-refractivity contribution in [1.82, 2.24) is 14.5 Å². The first-order chi connectivity index (χ1) is 9.78. The average Bonchev–Trinajstić information content (AvgIpc) is 3.17. The molecule has 0 aliphatic rings. The molecule has 3 aromatic heterocycles. The highest BCUT2D eigenvalue weighted by Crippen LogP contribution is 2.29. The first kappa shape index (κ1) is 13.5. The van der Waals surface area contributed by atoms with Crippen molar-refractivity contribution in [2.75, 3.05) is 0 Å². The Bertz CT molecular complexity index is 685. The smallest absolute Gasteiger partial charge is 0.236 e. The topological polar surface area (TPSA) is 43.9 Å². The second kappa shape index (κ2) is 5.85. The molecule has 0 aromatic carbocycles. The molecule has 0 saturated carbocycles. The number of aryl methyl sites for hydroxylation is 2. The van der Waals surface area contributed by atoms with Crippen LogP contribution in [0.1, 0.15) is 18.4 Å². The molecule has 4 nitrogen and oxygen atoms in total. The second-order valence-corrected chi connectivity index (χ2v) is 6.17. The molecule has 3 aromatic rings. The molecule has 0 radical (unpaired) electrons. The van der Waals surface area contributed by atoms with Crippen LogP contribution in [0.25, 0.3) is 10.8 Å². The van der Waals surface area contributed by atoms with Crippen molar-refractivity contribution in [3.05, 3.63) is 41.4 Å². The van der Waals surface area contributed by atoms with Gasteiger partial charge in [-0.05, 0) is 25.3 Å². The number of thiophene rings is 1. The minimum absolute atomic E-state index is 0.715. The van der Waals surface area contributed by atoms with Crippen molar-refractivity contribution in [2.24, 2.45) is 0 Å². The molecule has 0 saturated heterocycles. The van der Waals surface area contributed by atoms with Crippen molar-refractivity contribution in [2.45, 2.75) is 31.3 Å². The van der Waals surface area contributed by atoms with Gasteiger partial charge in [0.1, 0.15) is 5.76 Å². The van der Waals surface area contributed by atoms with Gasteiger partial charge in [0, 0.05) is 24.7 Å². The molecule has 20 heavy (non-hydrogen) atoms. The van der Waals surface area contributed by atoms with Gasteiger partial charge in [-0.15, -0.1) is 11.3 Å². The Hall–Kier alpha value is -1.53. The van der Waals surface area contributed by atoms with Crippen molar-refractivity contribution < 1.29 is 4.42 Å². The number of imidazole rings is 1. The molecule has 0 atom stereocenters. The van der Waals surface area contributed by atoms with Crippen LogP contribution in [0.3, 0.4) is 0 Å². The number of thioether (sulfide) groups is 1. The first-order valence-electron chi connectivity index (χ1n) is 6.42. The lowest BCUT2D eigenvalue weighted by Crippen LogP contribution is -1.95. The molecule has 0 aliphatic heterocycles. The van der Waals surface area contributed by atoms with E-state index in [0.717, 1.165) is 33.8 Å². The molecule has 0 unspecified atom stereocenters. The van der Waals surface area contributed by atoms with E-state index in [1.54, 1.807) is 23.1 Å². The van der Waals surface area contributed by atoms with Gasteiger partial charge in [0.15, 0.2) is 5.16 Å². The molecule has 0 amide bonds. The van der Waals surface area contributed by atoms with E-state index in [0.29, 0.717) is 5.89 Å². The molecular formula is C14H15N3OS2. The van der Waals surface area contributed by atoms with E-state index in [9.17, 15) is 0 Å². The van der Waals surface area contributed by atoms with Crippen LogP contribution in [0.5, 0.6) is 0 Å². The Morgan fingerprint density at radius 1 is 1.45 bits per heavy atom. The summed E-state index contributed by atoms with van der Waals surface area (Å²) in [5.41, 5.74) is 0.990. The van der Waals surface area contributed by atoms with Gasteiger partial charge in [-0.25, -0.2) is 9.97 Å². The minimum atomic E-state index is 0.715. The van der Waals surface area contributed by atoms with Crippen LogP contribution < -0.4 is 0 Å². The molecule has 6 heteroatoms. The standard InChI is InChI=1S/C14H15N3OS2/c1-3-17-7-6-15-14(17)20-9-11-10(2)18-13(16-11)12-5-4-8-19-12/h4-8H,3,9H2,1-2H3. The van der Waals surface area contributed by atoms with E-state index in [4.69, 9.17) is 4.42 Å². The van der Waals surface area contributed by atoms with Crippen LogP contribution in [0, 0.1) is 6.92 Å². The van der Waals surface area contributed by atoms with Gasteiger partial charge in [-0.3, -0.25) is 0 Å². The number of nitrogens with zero attached hydrogens (tertiary/aromatic N) is 3. The summed E-state index contributed by atoms with van der Waals surface area (Å²) in [6, 6.07) is 4.03. The predicted molar refractivity (Wildman–Crippen MR) is 82.0 cm³/mol. The van der Waals surface area contributed by atoms with Crippen LogP contribution >= 0.6 is 23.1 Å². The summed E-state index contributed by atoms with van der Waals surface area (Å²) in [4.78, 5) is 10.0. The third-order valence-electron chi connectivity index (χ3n) is 2.98. The van der Waals surface area contributed by atoms with E-state index in [1.165, 1.54) is 0 Å². The maximum Gasteiger partial charge on any atom is 0.236 e. The molecular weight excluding hydrogens is 290 g/mol. The third kappa shape index (κ3) is 2.66. The molecule has 104 valence electrons. The van der Waals surface area contributed by atoms with Crippen molar-refractivity contribution in [3.63, 3.8) is 0 Å². The molecule has 3 rings (SSSR count). The van der Waals surface area contributed by atoms with Crippen LogP contribution in [-0.4, -0.2) is 14.5 Å². The number of oxazole rings is 1. The van der Waals surface area contributed by atoms with Gasteiger partial charge < -0.3 is 8.98 Å². The van der Waals surface area contributed by atoms with Crippen LogP contribution in [0.15, 0.2) is 39.5 Å². The zero-order valence-corrected chi connectivity index (χ0v) is 13.0. The average molecular weight is 305 g/mol. The van der Waals surface area contributed by atoms with Gasteiger partial charge in [0.05, 0.1) is 10.6 Å². The normalized spacial score (nSPS) is 11.1. The van der Waals surface area contributed by atoms with Crippen molar-refractivity contribution in [3.8, 4) is 10.8 Å². The summed E-state index contributed by atoms with van der Waals surface area (Å²) >= 11 is 3.33. The van der Waals surface area contributed by atoms with Gasteiger partial charge in [-0.1, -0.05) is 17.8 Å². The van der Waals surface area contributed by atoms with Crippen LogP contribution in [0.4, 0.5) is 0 Å². The van der Waals surface area contributed by atoms with E-state index < -0.39 is 0 Å². The summed E-state index contributed by atoms with van der Waals surface area (Å²) in [5, 5.41) is 3.05. The highest BCUT2D eigenvalue weighted by molar-refractivity contribution is 7.98. The highest BCUT2D eigenvalue weighted by Gasteiger charge is 2.13. The monoisotopic (exact) mass is 305 g/mol. The summed E-state index contributed by atoms with van der Waals surface area (Å²) in [6.45, 7) is 5.01. The number of hydrogen-bond donors (Lipinski definition) is 0. The van der Waals surface area contributed by atoms with Gasteiger partial charge in [0.2, 0.25) is 5.89 Å². The SMILES string of the molecule is CCn1ccnc1SCc1nc(-c2cccs2)oc1C. The van der Waals surface area contributed by atoms with Gasteiger partial charge >= 0.3 is 0 Å². The van der Waals surface area contributed by atoms with Crippen LogP contribution in [0.2, 0.25) is 0 Å². The largest absolute Gasteiger partial charge is 0.440 e. The summed E-state index contributed by atoms with van der Waals surface area (Å²) in [6.07, 6.45) is 3.83. The molecule has 0 aliphatic carbocycles. The molecule has 0 bridgehead atoms. The van der Waals surface area contributed by atoms with Gasteiger partial charge in [0.25, 0.3) is 0 Å². The predicted octanol–water partition coefficient (Wildman–Crippen LogP) is 4.22. The summed E-state index contributed by atoms with van der Waals surface area (Å²) in [5.74, 6) is 2.37. The van der Waals surface area contributed by atoms with Crippen molar-refractivity contribution in [1.29, 1.82) is 0 Å². The van der Waals surface area contributed by atoms with Gasteiger partial charge in [-0.2, -0.15) is 0 Å². The molecule has 0 N–H and O–H groups in total. The number of hydrogen-bond acceptors (Lipinski definition) is 5. The van der Waals surface area contributed by atoms with E-state index >= 15 is 0 Å². The van der Waals surface area contributed by atoms with E-state index in [1.807, 2.05) is 36.8 Å². The zero-order valence-electron chi connectivity index (χ0n) is 11.4. The maximum absolute atomic E-state index is 5.74. The lowest BCUT2D eigenvalue weighted by atomic mass is 10.4. The summed E-state index contributed by atoms with van der Waals surface area (Å²) < 4.78 is 7.87. The Morgan fingerprint density at radius 3 is 3.10 bits per heavy atom. The molecule has 0 fully saturated rings.